The highest BCUT2D eigenvalue weighted by molar-refractivity contribution is 6.45. The van der Waals surface area contributed by atoms with Crippen LogP contribution in [-0.4, -0.2) is 31.0 Å². The standard InChI is InChI=1S/C10H12N2O3/c1-11-10(13)9(12-14)7-3-5-8(15-2)6-4-7/h3-6,14H,1-2H3,(H,11,13). The lowest BCUT2D eigenvalue weighted by Gasteiger charge is -2.04. The number of carbonyl (C=O) groups excluding carboxylic acids is 1. The van der Waals surface area contributed by atoms with Gasteiger partial charge in [0.2, 0.25) is 0 Å². The lowest BCUT2D eigenvalue weighted by Crippen LogP contribution is -2.28. The first-order valence-electron chi connectivity index (χ1n) is 4.31. The zero-order valence-corrected chi connectivity index (χ0v) is 8.52. The molecule has 1 aromatic rings. The molecule has 0 atom stereocenters. The topological polar surface area (TPSA) is 70.9 Å². The number of methoxy groups -OCH3 is 1. The van der Waals surface area contributed by atoms with Crippen LogP contribution in [0.3, 0.4) is 0 Å². The van der Waals surface area contributed by atoms with Crippen LogP contribution in [-0.2, 0) is 4.79 Å². The second kappa shape index (κ2) is 4.99. The van der Waals surface area contributed by atoms with Gasteiger partial charge in [-0.15, -0.1) is 0 Å². The number of rotatable bonds is 3. The molecule has 0 heterocycles. The molecule has 5 nitrogen and oxygen atoms in total. The summed E-state index contributed by atoms with van der Waals surface area (Å²) in [7, 11) is 3.02. The van der Waals surface area contributed by atoms with Crippen LogP contribution < -0.4 is 10.1 Å². The van der Waals surface area contributed by atoms with Crippen LogP contribution >= 0.6 is 0 Å². The number of nitrogens with zero attached hydrogens (tertiary/aromatic N) is 1. The summed E-state index contributed by atoms with van der Waals surface area (Å²) in [6.07, 6.45) is 0. The van der Waals surface area contributed by atoms with Crippen molar-refractivity contribution in [2.75, 3.05) is 14.2 Å². The van der Waals surface area contributed by atoms with Crippen LogP contribution in [0.4, 0.5) is 0 Å². The van der Waals surface area contributed by atoms with E-state index in [0.29, 0.717) is 11.3 Å². The first-order valence-corrected chi connectivity index (χ1v) is 4.31. The van der Waals surface area contributed by atoms with Crippen molar-refractivity contribution in [1.82, 2.24) is 5.32 Å². The number of benzene rings is 1. The van der Waals surface area contributed by atoms with Gasteiger partial charge in [0.1, 0.15) is 5.75 Å². The van der Waals surface area contributed by atoms with Crippen molar-refractivity contribution in [3.8, 4) is 5.75 Å². The van der Waals surface area contributed by atoms with Crippen LogP contribution in [0.15, 0.2) is 29.4 Å². The third-order valence-electron chi connectivity index (χ3n) is 1.91. The summed E-state index contributed by atoms with van der Waals surface area (Å²) < 4.78 is 4.97. The molecule has 1 amide bonds. The molecule has 0 aliphatic carbocycles. The number of hydrogen-bond acceptors (Lipinski definition) is 4. The molecule has 0 unspecified atom stereocenters. The van der Waals surface area contributed by atoms with Gasteiger partial charge in [0, 0.05) is 12.6 Å². The van der Waals surface area contributed by atoms with E-state index in [0.717, 1.165) is 0 Å². The maximum absolute atomic E-state index is 11.3. The Bertz CT molecular complexity index is 371. The average Bonchev–Trinajstić information content (AvgIpc) is 2.30. The summed E-state index contributed by atoms with van der Waals surface area (Å²) in [5.74, 6) is 0.232. The Kier molecular flexibility index (Phi) is 3.68. The summed E-state index contributed by atoms with van der Waals surface area (Å²) in [4.78, 5) is 11.3. The first-order chi connectivity index (χ1) is 7.22. The van der Waals surface area contributed by atoms with Crippen molar-refractivity contribution in [1.29, 1.82) is 0 Å². The molecule has 0 aliphatic heterocycles. The number of likely N-dealkylation sites (N-methyl/N-ethyl adjacent to an activating group) is 1. The third-order valence-corrected chi connectivity index (χ3v) is 1.91. The molecule has 0 bridgehead atoms. The minimum atomic E-state index is -0.442. The second-order valence-corrected chi connectivity index (χ2v) is 2.76. The lowest BCUT2D eigenvalue weighted by molar-refractivity contribution is -0.114. The van der Waals surface area contributed by atoms with E-state index in [9.17, 15) is 4.79 Å². The van der Waals surface area contributed by atoms with Crippen molar-refractivity contribution >= 4 is 11.6 Å². The van der Waals surface area contributed by atoms with E-state index in [1.165, 1.54) is 7.05 Å². The van der Waals surface area contributed by atoms with Crippen LogP contribution in [0.1, 0.15) is 5.56 Å². The van der Waals surface area contributed by atoms with E-state index in [2.05, 4.69) is 10.5 Å². The van der Waals surface area contributed by atoms with E-state index in [1.807, 2.05) is 0 Å². The Hall–Kier alpha value is -2.04. The quantitative estimate of drug-likeness (QED) is 0.434. The monoisotopic (exact) mass is 208 g/mol. The molecule has 0 spiro atoms. The van der Waals surface area contributed by atoms with Gasteiger partial charge < -0.3 is 15.3 Å². The molecular formula is C10H12N2O3. The fourth-order valence-electron chi connectivity index (χ4n) is 1.10. The fraction of sp³-hybridized carbons (Fsp3) is 0.200. The highest BCUT2D eigenvalue weighted by atomic mass is 16.5. The predicted octanol–water partition coefficient (Wildman–Crippen LogP) is 0.619. The molecule has 80 valence electrons. The smallest absolute Gasteiger partial charge is 0.273 e. The van der Waals surface area contributed by atoms with E-state index in [4.69, 9.17) is 9.94 Å². The van der Waals surface area contributed by atoms with Crippen molar-refractivity contribution < 1.29 is 14.7 Å². The van der Waals surface area contributed by atoms with Gasteiger partial charge in [-0.05, 0) is 24.3 Å². The van der Waals surface area contributed by atoms with Crippen molar-refractivity contribution in [3.05, 3.63) is 29.8 Å². The minimum absolute atomic E-state index is 0.0276. The maximum atomic E-state index is 11.3. The highest BCUT2D eigenvalue weighted by Gasteiger charge is 2.12. The molecule has 15 heavy (non-hydrogen) atoms. The number of hydrogen-bond donors (Lipinski definition) is 2. The maximum Gasteiger partial charge on any atom is 0.273 e. The van der Waals surface area contributed by atoms with Crippen LogP contribution in [0.25, 0.3) is 0 Å². The molecule has 0 aliphatic rings. The Balaban J connectivity index is 2.99. The Labute approximate surface area is 87.4 Å². The average molecular weight is 208 g/mol. The molecule has 1 aromatic carbocycles. The predicted molar refractivity (Wildman–Crippen MR) is 55.4 cm³/mol. The minimum Gasteiger partial charge on any atom is -0.497 e. The van der Waals surface area contributed by atoms with Gasteiger partial charge in [0.15, 0.2) is 5.71 Å². The molecular weight excluding hydrogens is 196 g/mol. The zero-order chi connectivity index (χ0) is 11.3. The third kappa shape index (κ3) is 2.46. The molecule has 5 heteroatoms. The number of amides is 1. The second-order valence-electron chi connectivity index (χ2n) is 2.76. The molecule has 0 saturated carbocycles. The van der Waals surface area contributed by atoms with Crippen LogP contribution in [0.2, 0.25) is 0 Å². The molecule has 0 radical (unpaired) electrons. The highest BCUT2D eigenvalue weighted by Crippen LogP contribution is 2.12. The molecule has 2 N–H and O–H groups in total. The number of oxime groups is 1. The van der Waals surface area contributed by atoms with E-state index >= 15 is 0 Å². The van der Waals surface area contributed by atoms with Gasteiger partial charge in [0.25, 0.3) is 5.91 Å². The first kappa shape index (κ1) is 11.0. The van der Waals surface area contributed by atoms with E-state index in [1.54, 1.807) is 31.4 Å². The molecule has 0 fully saturated rings. The normalized spacial score (nSPS) is 10.9. The van der Waals surface area contributed by atoms with Gasteiger partial charge in [-0.1, -0.05) is 5.16 Å². The van der Waals surface area contributed by atoms with E-state index < -0.39 is 5.91 Å². The molecule has 0 aromatic heterocycles. The van der Waals surface area contributed by atoms with Crippen molar-refractivity contribution in [2.45, 2.75) is 0 Å². The summed E-state index contributed by atoms with van der Waals surface area (Å²) in [6.45, 7) is 0. The summed E-state index contributed by atoms with van der Waals surface area (Å²) >= 11 is 0. The number of carbonyl (C=O) groups is 1. The van der Waals surface area contributed by atoms with Crippen LogP contribution in [0, 0.1) is 0 Å². The van der Waals surface area contributed by atoms with Gasteiger partial charge >= 0.3 is 0 Å². The molecule has 1 rings (SSSR count). The van der Waals surface area contributed by atoms with Gasteiger partial charge in [-0.2, -0.15) is 0 Å². The summed E-state index contributed by atoms with van der Waals surface area (Å²) in [5, 5.41) is 14.0. The largest absolute Gasteiger partial charge is 0.497 e. The number of ether oxygens (including phenoxy) is 1. The zero-order valence-electron chi connectivity index (χ0n) is 8.52. The Morgan fingerprint density at radius 1 is 1.40 bits per heavy atom. The lowest BCUT2D eigenvalue weighted by atomic mass is 10.1. The Morgan fingerprint density at radius 2 is 2.00 bits per heavy atom. The molecule has 0 saturated heterocycles. The van der Waals surface area contributed by atoms with E-state index in [-0.39, 0.29) is 5.71 Å². The summed E-state index contributed by atoms with van der Waals surface area (Å²) in [5.41, 5.74) is 0.498. The fourth-order valence-corrected chi connectivity index (χ4v) is 1.10. The van der Waals surface area contributed by atoms with Gasteiger partial charge in [0.05, 0.1) is 7.11 Å². The van der Waals surface area contributed by atoms with Crippen molar-refractivity contribution in [2.24, 2.45) is 5.16 Å². The van der Waals surface area contributed by atoms with Gasteiger partial charge in [-0.3, -0.25) is 4.79 Å². The van der Waals surface area contributed by atoms with Gasteiger partial charge in [-0.25, -0.2) is 0 Å². The Morgan fingerprint density at radius 3 is 2.40 bits per heavy atom. The number of nitrogens with one attached hydrogen (secondary N) is 1. The summed E-state index contributed by atoms with van der Waals surface area (Å²) in [6, 6.07) is 6.65. The SMILES string of the molecule is CNC(=O)C(=NO)c1ccc(OC)cc1. The van der Waals surface area contributed by atoms with Crippen molar-refractivity contribution in [3.63, 3.8) is 0 Å². The van der Waals surface area contributed by atoms with Crippen LogP contribution in [0.5, 0.6) is 5.75 Å².